The maximum Gasteiger partial charge on any atom is 0.165 e. The van der Waals surface area contributed by atoms with Crippen LogP contribution in [0, 0.1) is 16.7 Å². The summed E-state index contributed by atoms with van der Waals surface area (Å²) >= 11 is 0. The van der Waals surface area contributed by atoms with Crippen LogP contribution >= 0.6 is 0 Å². The van der Waals surface area contributed by atoms with Crippen molar-refractivity contribution in [3.8, 4) is 0 Å². The second-order valence-electron chi connectivity index (χ2n) is 9.87. The largest absolute Gasteiger partial charge is 0.295 e. The lowest BCUT2D eigenvalue weighted by molar-refractivity contribution is 0.252. The first-order chi connectivity index (χ1) is 12.3. The molecule has 1 aromatic heterocycles. The number of hydrogen-bond donors (Lipinski definition) is 0. The van der Waals surface area contributed by atoms with Crippen molar-refractivity contribution in [2.24, 2.45) is 23.8 Å². The molecule has 3 aliphatic rings. The standard InChI is InChI=1S/C22H34N4/c1-21(2,3)18-9-7-17(8-10-18)20-23-19(24-25(20)4)15-26-14-13-22(16-26)11-5-6-12-22/h7-9,18H,5-6,10-16H2,1-4H3. The van der Waals surface area contributed by atoms with Gasteiger partial charge in [-0.15, -0.1) is 0 Å². The molecule has 2 heterocycles. The number of aryl methyl sites for hydroxylation is 1. The zero-order valence-corrected chi connectivity index (χ0v) is 17.0. The molecular weight excluding hydrogens is 320 g/mol. The van der Waals surface area contributed by atoms with E-state index in [1.165, 1.54) is 50.8 Å². The molecule has 0 radical (unpaired) electrons. The zero-order chi connectivity index (χ0) is 18.4. The highest BCUT2D eigenvalue weighted by Gasteiger charge is 2.40. The van der Waals surface area contributed by atoms with Crippen LogP contribution in [0.4, 0.5) is 0 Å². The summed E-state index contributed by atoms with van der Waals surface area (Å²) < 4.78 is 1.96. The second kappa shape index (κ2) is 6.63. The van der Waals surface area contributed by atoms with Gasteiger partial charge < -0.3 is 0 Å². The Morgan fingerprint density at radius 1 is 1.19 bits per heavy atom. The van der Waals surface area contributed by atoms with Gasteiger partial charge in [0.15, 0.2) is 11.6 Å². The molecule has 26 heavy (non-hydrogen) atoms. The van der Waals surface area contributed by atoms with Gasteiger partial charge in [0, 0.05) is 19.2 Å². The van der Waals surface area contributed by atoms with E-state index < -0.39 is 0 Å². The van der Waals surface area contributed by atoms with Gasteiger partial charge in [0.1, 0.15) is 0 Å². The minimum Gasteiger partial charge on any atom is -0.295 e. The van der Waals surface area contributed by atoms with E-state index in [0.717, 1.165) is 24.6 Å². The molecule has 2 fully saturated rings. The van der Waals surface area contributed by atoms with Crippen molar-refractivity contribution in [1.29, 1.82) is 0 Å². The zero-order valence-electron chi connectivity index (χ0n) is 17.0. The average Bonchev–Trinajstić information content (AvgIpc) is 3.30. The molecule has 0 bridgehead atoms. The smallest absolute Gasteiger partial charge is 0.165 e. The first-order valence-corrected chi connectivity index (χ1v) is 10.4. The van der Waals surface area contributed by atoms with Gasteiger partial charge in [-0.05, 0) is 49.0 Å². The monoisotopic (exact) mass is 354 g/mol. The first-order valence-electron chi connectivity index (χ1n) is 10.4. The van der Waals surface area contributed by atoms with Gasteiger partial charge in [-0.25, -0.2) is 9.67 Å². The highest BCUT2D eigenvalue weighted by molar-refractivity contribution is 5.70. The summed E-state index contributed by atoms with van der Waals surface area (Å²) in [5.41, 5.74) is 2.16. The van der Waals surface area contributed by atoms with Crippen molar-refractivity contribution in [2.45, 2.75) is 65.8 Å². The fraction of sp³-hybridized carbons (Fsp3) is 0.727. The van der Waals surface area contributed by atoms with Gasteiger partial charge in [-0.1, -0.05) is 51.8 Å². The third kappa shape index (κ3) is 3.53. The van der Waals surface area contributed by atoms with Crippen molar-refractivity contribution >= 4 is 5.57 Å². The van der Waals surface area contributed by atoms with Gasteiger partial charge in [-0.2, -0.15) is 5.10 Å². The van der Waals surface area contributed by atoms with Crippen LogP contribution in [0.1, 0.15) is 70.9 Å². The van der Waals surface area contributed by atoms with Gasteiger partial charge in [-0.3, -0.25) is 4.90 Å². The van der Waals surface area contributed by atoms with Crippen LogP contribution in [0.2, 0.25) is 0 Å². The molecule has 4 nitrogen and oxygen atoms in total. The number of nitrogens with zero attached hydrogens (tertiary/aromatic N) is 4. The van der Waals surface area contributed by atoms with E-state index >= 15 is 0 Å². The number of rotatable bonds is 3. The van der Waals surface area contributed by atoms with Gasteiger partial charge in [0.05, 0.1) is 6.54 Å². The summed E-state index contributed by atoms with van der Waals surface area (Å²) in [5, 5.41) is 4.72. The molecule has 142 valence electrons. The van der Waals surface area contributed by atoms with E-state index in [4.69, 9.17) is 10.1 Å². The molecule has 1 unspecified atom stereocenters. The molecule has 1 aromatic rings. The van der Waals surface area contributed by atoms with Crippen molar-refractivity contribution < 1.29 is 0 Å². The van der Waals surface area contributed by atoms with Gasteiger partial charge >= 0.3 is 0 Å². The maximum atomic E-state index is 4.89. The summed E-state index contributed by atoms with van der Waals surface area (Å²) in [7, 11) is 2.03. The van der Waals surface area contributed by atoms with Crippen molar-refractivity contribution in [2.75, 3.05) is 13.1 Å². The van der Waals surface area contributed by atoms with Crippen molar-refractivity contribution in [3.05, 3.63) is 29.9 Å². The highest BCUT2D eigenvalue weighted by Crippen LogP contribution is 2.45. The topological polar surface area (TPSA) is 34.0 Å². The Kier molecular flexibility index (Phi) is 4.58. The highest BCUT2D eigenvalue weighted by atomic mass is 15.3. The van der Waals surface area contributed by atoms with Gasteiger partial charge in [0.25, 0.3) is 0 Å². The third-order valence-electron chi connectivity index (χ3n) is 6.82. The normalized spacial score (nSPS) is 26.0. The SMILES string of the molecule is Cn1nc(CN2CCC3(CCCC3)C2)nc1C1=CCC(C(C)(C)C)C=C1. The Morgan fingerprint density at radius 2 is 1.96 bits per heavy atom. The number of allylic oxidation sites excluding steroid dienone is 4. The fourth-order valence-electron chi connectivity index (χ4n) is 5.08. The van der Waals surface area contributed by atoms with E-state index in [9.17, 15) is 0 Å². The summed E-state index contributed by atoms with van der Waals surface area (Å²) in [4.78, 5) is 7.46. The van der Waals surface area contributed by atoms with E-state index in [1.807, 2.05) is 11.7 Å². The van der Waals surface area contributed by atoms with E-state index in [-0.39, 0.29) is 0 Å². The maximum absolute atomic E-state index is 4.89. The molecule has 0 N–H and O–H groups in total. The molecule has 1 saturated carbocycles. The third-order valence-corrected chi connectivity index (χ3v) is 6.82. The lowest BCUT2D eigenvalue weighted by Crippen LogP contribution is -2.25. The van der Waals surface area contributed by atoms with E-state index in [2.05, 4.69) is 43.9 Å². The summed E-state index contributed by atoms with van der Waals surface area (Å²) in [5.74, 6) is 2.59. The molecule has 4 rings (SSSR count). The molecule has 2 aliphatic carbocycles. The van der Waals surface area contributed by atoms with Crippen molar-refractivity contribution in [3.63, 3.8) is 0 Å². The van der Waals surface area contributed by atoms with Gasteiger partial charge in [0.2, 0.25) is 0 Å². The molecule has 1 atom stereocenters. The van der Waals surface area contributed by atoms with Crippen LogP contribution in [-0.2, 0) is 13.6 Å². The van der Waals surface area contributed by atoms with Crippen LogP contribution < -0.4 is 0 Å². The summed E-state index contributed by atoms with van der Waals surface area (Å²) in [6.07, 6.45) is 15.1. The summed E-state index contributed by atoms with van der Waals surface area (Å²) in [6, 6.07) is 0. The molecule has 0 aromatic carbocycles. The second-order valence-corrected chi connectivity index (χ2v) is 9.87. The molecule has 4 heteroatoms. The number of aromatic nitrogens is 3. The van der Waals surface area contributed by atoms with Crippen LogP contribution in [-0.4, -0.2) is 32.8 Å². The van der Waals surface area contributed by atoms with Crippen LogP contribution in [0.5, 0.6) is 0 Å². The first kappa shape index (κ1) is 18.0. The molecular formula is C22H34N4. The molecule has 1 aliphatic heterocycles. The Balaban J connectivity index is 1.42. The molecule has 1 spiro atoms. The Hall–Kier alpha value is -1.42. The van der Waals surface area contributed by atoms with Crippen LogP contribution in [0.25, 0.3) is 5.57 Å². The van der Waals surface area contributed by atoms with Crippen molar-refractivity contribution in [1.82, 2.24) is 19.7 Å². The van der Waals surface area contributed by atoms with E-state index in [1.54, 1.807) is 0 Å². The minimum absolute atomic E-state index is 0.315. The quantitative estimate of drug-likeness (QED) is 0.796. The minimum atomic E-state index is 0.315. The Bertz CT molecular complexity index is 713. The fourth-order valence-corrected chi connectivity index (χ4v) is 5.08. The average molecular weight is 355 g/mol. The predicted octanol–water partition coefficient (Wildman–Crippen LogP) is 4.59. The molecule has 1 saturated heterocycles. The number of hydrogen-bond acceptors (Lipinski definition) is 3. The van der Waals surface area contributed by atoms with Crippen LogP contribution in [0.3, 0.4) is 0 Å². The van der Waals surface area contributed by atoms with E-state index in [0.29, 0.717) is 16.7 Å². The predicted molar refractivity (Wildman–Crippen MR) is 106 cm³/mol. The molecule has 0 amide bonds. The lowest BCUT2D eigenvalue weighted by Gasteiger charge is -2.29. The Labute approximate surface area is 158 Å². The number of likely N-dealkylation sites (tertiary alicyclic amines) is 1. The summed E-state index contributed by atoms with van der Waals surface area (Å²) in [6.45, 7) is 10.3. The lowest BCUT2D eigenvalue weighted by atomic mass is 9.76. The Morgan fingerprint density at radius 3 is 2.62 bits per heavy atom. The van der Waals surface area contributed by atoms with Crippen LogP contribution in [0.15, 0.2) is 18.2 Å².